The molecule has 2 rings (SSSR count). The molecule has 8 heteroatoms. The molecule has 1 aromatic carbocycles. The zero-order valence-corrected chi connectivity index (χ0v) is 11.5. The van der Waals surface area contributed by atoms with Crippen LogP contribution >= 0.6 is 0 Å². The highest BCUT2D eigenvalue weighted by molar-refractivity contribution is 7.89. The van der Waals surface area contributed by atoms with E-state index in [0.29, 0.717) is 13.2 Å². The average molecular weight is 307 g/mol. The second-order valence-electron chi connectivity index (χ2n) is 4.60. The van der Waals surface area contributed by atoms with Crippen LogP contribution in [-0.4, -0.2) is 28.2 Å². The molecule has 0 atom stereocenters. The van der Waals surface area contributed by atoms with Gasteiger partial charge in [0.25, 0.3) is 0 Å². The normalized spacial score (nSPS) is 17.1. The monoisotopic (exact) mass is 307 g/mol. The largest absolute Gasteiger partial charge is 0.490 e. The lowest BCUT2D eigenvalue weighted by molar-refractivity contribution is 0.0490. The number of rotatable bonds is 4. The summed E-state index contributed by atoms with van der Waals surface area (Å²) in [6.45, 7) is 1.47. The van der Waals surface area contributed by atoms with Crippen molar-refractivity contribution < 1.29 is 26.7 Å². The topological polar surface area (TPSA) is 78.6 Å². The minimum Gasteiger partial charge on any atom is -0.490 e. The molecule has 1 fully saturated rings. The average Bonchev–Trinajstić information content (AvgIpc) is 2.40. The van der Waals surface area contributed by atoms with Crippen molar-refractivity contribution >= 4 is 10.0 Å². The van der Waals surface area contributed by atoms with Crippen molar-refractivity contribution in [2.45, 2.75) is 17.7 Å². The van der Waals surface area contributed by atoms with Crippen LogP contribution in [0.1, 0.15) is 12.8 Å². The molecule has 0 amide bonds. The Morgan fingerprint density at radius 2 is 1.90 bits per heavy atom. The molecule has 5 nitrogen and oxygen atoms in total. The Morgan fingerprint density at radius 3 is 2.50 bits per heavy atom. The van der Waals surface area contributed by atoms with E-state index >= 15 is 0 Å². The van der Waals surface area contributed by atoms with Crippen molar-refractivity contribution in [3.05, 3.63) is 23.8 Å². The highest BCUT2D eigenvalue weighted by Crippen LogP contribution is 2.26. The van der Waals surface area contributed by atoms with Gasteiger partial charge < -0.3 is 9.47 Å². The minimum absolute atomic E-state index is 0.212. The molecule has 1 aliphatic heterocycles. The van der Waals surface area contributed by atoms with Gasteiger partial charge in [0.2, 0.25) is 15.8 Å². The van der Waals surface area contributed by atoms with E-state index in [4.69, 9.17) is 14.6 Å². The molecule has 1 aliphatic rings. The summed E-state index contributed by atoms with van der Waals surface area (Å²) in [6, 6.07) is 1.96. The maximum atomic E-state index is 13.7. The number of hydrogen-bond donors (Lipinski definition) is 1. The lowest BCUT2D eigenvalue weighted by atomic mass is 10.0. The van der Waals surface area contributed by atoms with Crippen LogP contribution in [0.3, 0.4) is 0 Å². The fourth-order valence-electron chi connectivity index (χ4n) is 1.97. The third kappa shape index (κ3) is 3.44. The highest BCUT2D eigenvalue weighted by Gasteiger charge is 2.22. The molecular formula is C12H15F2NO4S. The minimum atomic E-state index is -4.30. The van der Waals surface area contributed by atoms with Crippen LogP contribution in [0.15, 0.2) is 17.0 Å². The molecule has 0 spiro atoms. The predicted octanol–water partition coefficient (Wildman–Crippen LogP) is 1.42. The van der Waals surface area contributed by atoms with E-state index < -0.39 is 26.6 Å². The van der Waals surface area contributed by atoms with E-state index in [-0.39, 0.29) is 18.3 Å². The summed E-state index contributed by atoms with van der Waals surface area (Å²) in [5.74, 6) is -2.97. The number of hydrogen-bond acceptors (Lipinski definition) is 4. The lowest BCUT2D eigenvalue weighted by Gasteiger charge is -2.22. The van der Waals surface area contributed by atoms with Crippen molar-refractivity contribution in [3.8, 4) is 5.75 Å². The van der Waals surface area contributed by atoms with Gasteiger partial charge in [-0.25, -0.2) is 17.9 Å². The first-order chi connectivity index (χ1) is 9.39. The molecule has 0 aromatic heterocycles. The summed E-state index contributed by atoms with van der Waals surface area (Å²) < 4.78 is 59.8. The van der Waals surface area contributed by atoms with Gasteiger partial charge in [-0.2, -0.15) is 4.39 Å². The fraction of sp³-hybridized carbons (Fsp3) is 0.500. The van der Waals surface area contributed by atoms with E-state index in [2.05, 4.69) is 0 Å². The van der Waals surface area contributed by atoms with E-state index in [9.17, 15) is 17.2 Å². The Morgan fingerprint density at radius 1 is 1.25 bits per heavy atom. The van der Waals surface area contributed by atoms with E-state index in [1.807, 2.05) is 0 Å². The van der Waals surface area contributed by atoms with Crippen molar-refractivity contribution in [2.75, 3.05) is 19.8 Å². The Hall–Kier alpha value is -1.25. The van der Waals surface area contributed by atoms with Gasteiger partial charge >= 0.3 is 0 Å². The van der Waals surface area contributed by atoms with E-state index in [1.165, 1.54) is 0 Å². The van der Waals surface area contributed by atoms with Crippen molar-refractivity contribution in [3.63, 3.8) is 0 Å². The summed E-state index contributed by atoms with van der Waals surface area (Å²) in [7, 11) is -4.30. The predicted molar refractivity (Wildman–Crippen MR) is 66.8 cm³/mol. The van der Waals surface area contributed by atoms with Crippen LogP contribution in [0.25, 0.3) is 0 Å². The quantitative estimate of drug-likeness (QED) is 0.912. The van der Waals surface area contributed by atoms with Gasteiger partial charge in [-0.15, -0.1) is 0 Å². The first kappa shape index (κ1) is 15.1. The third-order valence-corrected chi connectivity index (χ3v) is 4.06. The summed E-state index contributed by atoms with van der Waals surface area (Å²) in [5.41, 5.74) is 0. The molecule has 112 valence electrons. The summed E-state index contributed by atoms with van der Waals surface area (Å²) in [4.78, 5) is -0.881. The van der Waals surface area contributed by atoms with Crippen LogP contribution in [0.4, 0.5) is 8.78 Å². The zero-order valence-electron chi connectivity index (χ0n) is 10.6. The molecule has 1 saturated heterocycles. The second-order valence-corrected chi connectivity index (χ2v) is 6.13. The number of nitrogens with two attached hydrogens (primary N) is 1. The second kappa shape index (κ2) is 6.02. The number of sulfonamides is 1. The molecule has 20 heavy (non-hydrogen) atoms. The number of halogens is 2. The maximum absolute atomic E-state index is 13.7. The molecule has 0 aliphatic carbocycles. The van der Waals surface area contributed by atoms with Crippen molar-refractivity contribution in [1.29, 1.82) is 0 Å². The van der Waals surface area contributed by atoms with Crippen LogP contribution in [0, 0.1) is 17.6 Å². The molecule has 0 saturated carbocycles. The molecule has 0 unspecified atom stereocenters. The Kier molecular flexibility index (Phi) is 4.56. The molecule has 1 aromatic rings. The number of benzene rings is 1. The van der Waals surface area contributed by atoms with Gasteiger partial charge in [0.1, 0.15) is 4.90 Å². The van der Waals surface area contributed by atoms with Gasteiger partial charge in [0.15, 0.2) is 11.6 Å². The van der Waals surface area contributed by atoms with Gasteiger partial charge in [0.05, 0.1) is 6.61 Å². The molecule has 2 N–H and O–H groups in total. The SMILES string of the molecule is NS(=O)(=O)c1ccc(OCC2CCOCC2)c(F)c1F. The first-order valence-electron chi connectivity index (χ1n) is 6.11. The summed E-state index contributed by atoms with van der Waals surface area (Å²) in [5, 5.41) is 4.78. The molecular weight excluding hydrogens is 292 g/mol. The van der Waals surface area contributed by atoms with Crippen molar-refractivity contribution in [1.82, 2.24) is 0 Å². The third-order valence-electron chi connectivity index (χ3n) is 3.13. The van der Waals surface area contributed by atoms with Gasteiger partial charge in [-0.05, 0) is 30.9 Å². The molecule has 0 bridgehead atoms. The van der Waals surface area contributed by atoms with Gasteiger partial charge in [-0.1, -0.05) is 0 Å². The van der Waals surface area contributed by atoms with Gasteiger partial charge in [-0.3, -0.25) is 0 Å². The Bertz CT molecular complexity index is 585. The maximum Gasteiger partial charge on any atom is 0.241 e. The van der Waals surface area contributed by atoms with Crippen molar-refractivity contribution in [2.24, 2.45) is 11.1 Å². The highest BCUT2D eigenvalue weighted by atomic mass is 32.2. The standard InChI is InChI=1S/C12H15F2NO4S/c13-11-9(19-7-8-3-5-18-6-4-8)1-2-10(12(11)14)20(15,16)17/h1-2,8H,3-7H2,(H2,15,16,17). The Labute approximate surface area is 115 Å². The van der Waals surface area contributed by atoms with Crippen LogP contribution in [0.2, 0.25) is 0 Å². The number of primary sulfonamides is 1. The summed E-state index contributed by atoms with van der Waals surface area (Å²) >= 11 is 0. The smallest absolute Gasteiger partial charge is 0.241 e. The van der Waals surface area contributed by atoms with Crippen LogP contribution in [0.5, 0.6) is 5.75 Å². The first-order valence-corrected chi connectivity index (χ1v) is 7.65. The number of ether oxygens (including phenoxy) is 2. The van der Waals surface area contributed by atoms with E-state index in [0.717, 1.165) is 25.0 Å². The lowest BCUT2D eigenvalue weighted by Crippen LogP contribution is -2.22. The van der Waals surface area contributed by atoms with Crippen LogP contribution in [-0.2, 0) is 14.8 Å². The Balaban J connectivity index is 2.11. The molecule has 1 heterocycles. The fourth-order valence-corrected chi connectivity index (χ4v) is 2.56. The van der Waals surface area contributed by atoms with Gasteiger partial charge in [0, 0.05) is 13.2 Å². The molecule has 0 radical (unpaired) electrons. The van der Waals surface area contributed by atoms with E-state index in [1.54, 1.807) is 0 Å². The van der Waals surface area contributed by atoms with Crippen LogP contribution < -0.4 is 9.88 Å². The summed E-state index contributed by atoms with van der Waals surface area (Å²) in [6.07, 6.45) is 1.58. The zero-order chi connectivity index (χ0) is 14.8.